The van der Waals surface area contributed by atoms with Crippen molar-refractivity contribution in [2.45, 2.75) is 49.9 Å². The Bertz CT molecular complexity index is 2390. The van der Waals surface area contributed by atoms with Crippen molar-refractivity contribution < 1.29 is 4.42 Å². The topological polar surface area (TPSA) is 58.4 Å². The van der Waals surface area contributed by atoms with E-state index in [1.54, 1.807) is 17.5 Å². The highest BCUT2D eigenvalue weighted by Gasteiger charge is 2.46. The van der Waals surface area contributed by atoms with Crippen LogP contribution in [-0.2, 0) is 13.1 Å². The van der Waals surface area contributed by atoms with Gasteiger partial charge in [-0.05, 0) is 53.8 Å². The quantitative estimate of drug-likeness (QED) is 0.186. The number of pyridine rings is 1. The first-order chi connectivity index (χ1) is 27.1. The number of hydrogen-bond acceptors (Lipinski definition) is 9. The second-order valence-corrected chi connectivity index (χ2v) is 16.7. The summed E-state index contributed by atoms with van der Waals surface area (Å²) in [4.78, 5) is 24.5. The van der Waals surface area contributed by atoms with E-state index in [2.05, 4.69) is 126 Å². The molecule has 9 nitrogen and oxygen atoms in total. The molecule has 6 aliphatic heterocycles. The molecule has 0 N–H and O–H groups in total. The number of piperidine rings is 2. The number of aromatic nitrogens is 2. The normalized spacial score (nSPS) is 24.0. The number of benzene rings is 4. The molecule has 0 aliphatic carbocycles. The molecule has 0 radical (unpaired) electrons. The molecule has 55 heavy (non-hydrogen) atoms. The van der Waals surface area contributed by atoms with Crippen molar-refractivity contribution in [1.82, 2.24) is 19.8 Å². The largest absolute Gasteiger partial charge is 0.443 e. The number of hydrogen-bond donors (Lipinski definition) is 0. The monoisotopic (exact) mass is 730 g/mol. The fourth-order valence-electron chi connectivity index (χ4n) is 11.1. The maximum Gasteiger partial charge on any atom is 0.181 e. The lowest BCUT2D eigenvalue weighted by Gasteiger charge is -2.41. The highest BCUT2D eigenvalue weighted by molar-refractivity contribution is 5.83. The van der Waals surface area contributed by atoms with E-state index in [-0.39, 0.29) is 0 Å². The van der Waals surface area contributed by atoms with E-state index in [1.807, 2.05) is 18.3 Å². The highest BCUT2D eigenvalue weighted by atomic mass is 16.3. The van der Waals surface area contributed by atoms with Crippen LogP contribution in [0.3, 0.4) is 0 Å². The average molecular weight is 731 g/mol. The van der Waals surface area contributed by atoms with E-state index in [4.69, 9.17) is 4.42 Å². The molecule has 4 unspecified atom stereocenters. The minimum atomic E-state index is 0.606. The Kier molecular flexibility index (Phi) is 8.02. The Labute approximate surface area is 323 Å². The Hall–Kier alpha value is -5.12. The molecule has 6 aromatic rings. The number of anilines is 4. The molecular weight excluding hydrogens is 681 g/mol. The third-order valence-corrected chi connectivity index (χ3v) is 13.7. The fourth-order valence-corrected chi connectivity index (χ4v) is 11.1. The predicted octanol–water partition coefficient (Wildman–Crippen LogP) is 7.32. The van der Waals surface area contributed by atoms with Gasteiger partial charge in [-0.2, -0.15) is 0 Å². The number of nitrogens with zero attached hydrogens (tertiary/aromatic N) is 8. The molecule has 12 rings (SSSR count). The third kappa shape index (κ3) is 5.49. The number of oxazole rings is 1. The van der Waals surface area contributed by atoms with Crippen molar-refractivity contribution in [2.75, 3.05) is 86.1 Å². The van der Waals surface area contributed by atoms with E-state index in [1.165, 1.54) is 58.6 Å². The van der Waals surface area contributed by atoms with Gasteiger partial charge >= 0.3 is 0 Å². The molecule has 8 heterocycles. The van der Waals surface area contributed by atoms with Gasteiger partial charge in [0.25, 0.3) is 0 Å². The van der Waals surface area contributed by atoms with Gasteiger partial charge < -0.3 is 24.0 Å². The molecule has 2 fully saturated rings. The molecule has 2 aromatic heterocycles. The number of likely N-dealkylation sites (tertiary alicyclic amines) is 2. The molecule has 0 bridgehead atoms. The summed E-state index contributed by atoms with van der Waals surface area (Å²) in [5, 5.41) is 1.24. The van der Waals surface area contributed by atoms with E-state index in [0.717, 1.165) is 75.5 Å². The van der Waals surface area contributed by atoms with Crippen LogP contribution in [0.15, 0.2) is 102 Å². The summed E-state index contributed by atoms with van der Waals surface area (Å²) in [5.41, 5.74) is 14.6. The molecule has 4 aromatic carbocycles. The van der Waals surface area contributed by atoms with Crippen molar-refractivity contribution in [3.05, 3.63) is 120 Å². The van der Waals surface area contributed by atoms with Gasteiger partial charge in [0.05, 0.1) is 28.3 Å². The molecule has 0 saturated carbocycles. The Balaban J connectivity index is 0.000000128. The lowest BCUT2D eigenvalue weighted by atomic mass is 9.88. The van der Waals surface area contributed by atoms with E-state index < -0.39 is 0 Å². The summed E-state index contributed by atoms with van der Waals surface area (Å²) in [5.74, 6) is 1.23. The predicted molar refractivity (Wildman–Crippen MR) is 223 cm³/mol. The molecule has 6 aliphatic rings. The van der Waals surface area contributed by atoms with E-state index >= 15 is 0 Å². The molecule has 2 saturated heterocycles. The Morgan fingerprint density at radius 2 is 1.18 bits per heavy atom. The first kappa shape index (κ1) is 33.2. The summed E-state index contributed by atoms with van der Waals surface area (Å²) < 4.78 is 5.65. The van der Waals surface area contributed by atoms with E-state index in [9.17, 15) is 0 Å². The first-order valence-corrected chi connectivity index (χ1v) is 20.4. The van der Waals surface area contributed by atoms with Crippen LogP contribution in [0.4, 0.5) is 22.7 Å². The zero-order valence-corrected chi connectivity index (χ0v) is 32.0. The summed E-state index contributed by atoms with van der Waals surface area (Å²) in [6, 6.07) is 32.2. The number of para-hydroxylation sites is 4. The van der Waals surface area contributed by atoms with Gasteiger partial charge in [-0.15, -0.1) is 0 Å². The van der Waals surface area contributed by atoms with Crippen molar-refractivity contribution >= 4 is 44.8 Å². The number of fused-ring (bicyclic) bond motifs is 8. The zero-order chi connectivity index (χ0) is 36.6. The maximum absolute atomic E-state index is 5.65. The standard InChI is InChI=1S/C24H26N4.C22H24N4O/c1-26-13-14-28-21-10-12-27(16-20(21)19-8-3-9-22(26)24(19)28)15-18-6-2-5-17-7-4-11-25-23(17)18;1-24-10-11-26-19-8-9-25(12-15-4-2-6-18-22(15)27-14-23-18)13-17(19)16-5-3-7-20(24)21(16)26/h2-9,11,20-21H,10,12-16H2,1H3;2-7,14,17,19H,8-13H2,1H3. The van der Waals surface area contributed by atoms with Crippen LogP contribution in [0, 0.1) is 0 Å². The SMILES string of the molecule is CN1CCN2c3c(cccc31)C1CN(Cc3cccc4cccnc34)CCC12.CN1CCN2c3c(cccc31)C1CN(Cc3cccc4ncoc34)CCC12. The molecule has 0 amide bonds. The molecule has 0 spiro atoms. The van der Waals surface area contributed by atoms with Crippen molar-refractivity contribution in [3.63, 3.8) is 0 Å². The second-order valence-electron chi connectivity index (χ2n) is 16.7. The van der Waals surface area contributed by atoms with Gasteiger partial charge in [-0.3, -0.25) is 14.8 Å². The summed E-state index contributed by atoms with van der Waals surface area (Å²) in [6.07, 6.45) is 5.95. The number of likely N-dealkylation sites (N-methyl/N-ethyl adjacent to an activating group) is 2. The van der Waals surface area contributed by atoms with Gasteiger partial charge in [0.1, 0.15) is 5.52 Å². The average Bonchev–Trinajstić information content (AvgIpc) is 3.93. The van der Waals surface area contributed by atoms with Crippen LogP contribution in [0.2, 0.25) is 0 Å². The maximum atomic E-state index is 5.65. The molecule has 280 valence electrons. The van der Waals surface area contributed by atoms with Crippen LogP contribution in [0.1, 0.15) is 46.9 Å². The summed E-state index contributed by atoms with van der Waals surface area (Å²) in [6.45, 7) is 11.1. The lowest BCUT2D eigenvalue weighted by Crippen LogP contribution is -2.49. The second kappa shape index (κ2) is 13.3. The van der Waals surface area contributed by atoms with Gasteiger partial charge in [0, 0.05) is 121 Å². The van der Waals surface area contributed by atoms with Gasteiger partial charge in [-0.25, -0.2) is 4.98 Å². The third-order valence-electron chi connectivity index (χ3n) is 13.7. The molecule has 9 heteroatoms. The number of rotatable bonds is 4. The smallest absolute Gasteiger partial charge is 0.181 e. The minimum absolute atomic E-state index is 0.606. The minimum Gasteiger partial charge on any atom is -0.443 e. The van der Waals surface area contributed by atoms with Crippen LogP contribution in [0.25, 0.3) is 22.0 Å². The van der Waals surface area contributed by atoms with Gasteiger partial charge in [-0.1, -0.05) is 60.7 Å². The first-order valence-electron chi connectivity index (χ1n) is 20.4. The van der Waals surface area contributed by atoms with Crippen molar-refractivity contribution in [1.29, 1.82) is 0 Å². The van der Waals surface area contributed by atoms with Gasteiger partial charge in [0.2, 0.25) is 0 Å². The molecule has 4 atom stereocenters. The lowest BCUT2D eigenvalue weighted by molar-refractivity contribution is 0.186. The van der Waals surface area contributed by atoms with Crippen LogP contribution in [-0.4, -0.2) is 98.3 Å². The Morgan fingerprint density at radius 1 is 0.600 bits per heavy atom. The van der Waals surface area contributed by atoms with E-state index in [0.29, 0.717) is 23.9 Å². The zero-order valence-electron chi connectivity index (χ0n) is 32.0. The van der Waals surface area contributed by atoms with Crippen molar-refractivity contribution in [2.24, 2.45) is 0 Å². The highest BCUT2D eigenvalue weighted by Crippen LogP contribution is 2.52. The van der Waals surface area contributed by atoms with Crippen LogP contribution >= 0.6 is 0 Å². The van der Waals surface area contributed by atoms with Gasteiger partial charge in [0.15, 0.2) is 12.0 Å². The molecular formula is C46H50N8O. The summed E-state index contributed by atoms with van der Waals surface area (Å²) >= 11 is 0. The van der Waals surface area contributed by atoms with Crippen LogP contribution in [0.5, 0.6) is 0 Å². The van der Waals surface area contributed by atoms with Crippen molar-refractivity contribution in [3.8, 4) is 0 Å². The Morgan fingerprint density at radius 3 is 1.85 bits per heavy atom. The summed E-state index contributed by atoms with van der Waals surface area (Å²) in [7, 11) is 4.45. The van der Waals surface area contributed by atoms with Crippen LogP contribution < -0.4 is 19.6 Å². The fraction of sp³-hybridized carbons (Fsp3) is 0.391.